The van der Waals surface area contributed by atoms with Crippen LogP contribution in [0.25, 0.3) is 5.76 Å². The number of halogens is 1. The molecule has 8 heteroatoms. The van der Waals surface area contributed by atoms with Gasteiger partial charge in [-0.1, -0.05) is 37.3 Å². The van der Waals surface area contributed by atoms with Crippen molar-refractivity contribution in [1.29, 1.82) is 0 Å². The van der Waals surface area contributed by atoms with E-state index in [1.807, 2.05) is 30.3 Å². The third-order valence-electron chi connectivity index (χ3n) is 4.87. The largest absolute Gasteiger partial charge is 0.506 e. The predicted octanol–water partition coefficient (Wildman–Crippen LogP) is 2.87. The van der Waals surface area contributed by atoms with Gasteiger partial charge in [0, 0.05) is 17.0 Å². The Morgan fingerprint density at radius 1 is 1.23 bits per heavy atom. The Morgan fingerprint density at radius 2 is 1.90 bits per heavy atom. The van der Waals surface area contributed by atoms with E-state index in [2.05, 4.69) is 5.32 Å². The number of ether oxygens (including phenoxy) is 1. The molecule has 2 aromatic carbocycles. The normalized spacial score (nSPS) is 15.6. The Kier molecular flexibility index (Phi) is 5.86. The van der Waals surface area contributed by atoms with Crippen LogP contribution in [0.5, 0.6) is 5.75 Å². The number of carbonyl (C=O) groups excluding carboxylic acids is 2. The Morgan fingerprint density at radius 3 is 2.53 bits per heavy atom. The number of rotatable bonds is 6. The van der Waals surface area contributed by atoms with E-state index in [-0.39, 0.29) is 23.5 Å². The van der Waals surface area contributed by atoms with Gasteiger partial charge in [0.05, 0.1) is 0 Å². The summed E-state index contributed by atoms with van der Waals surface area (Å²) in [5.74, 6) is -5.74. The van der Waals surface area contributed by atoms with Gasteiger partial charge >= 0.3 is 5.97 Å². The summed E-state index contributed by atoms with van der Waals surface area (Å²) in [7, 11) is 0. The summed E-state index contributed by atoms with van der Waals surface area (Å²) in [6, 6.07) is 10.5. The van der Waals surface area contributed by atoms with E-state index in [0.717, 1.165) is 5.56 Å². The first-order chi connectivity index (χ1) is 14.2. The molecule has 3 N–H and O–H groups in total. The van der Waals surface area contributed by atoms with Gasteiger partial charge in [0.1, 0.15) is 24.5 Å². The molecule has 3 rings (SSSR count). The van der Waals surface area contributed by atoms with Crippen molar-refractivity contribution in [2.75, 3.05) is 6.54 Å². The third-order valence-corrected chi connectivity index (χ3v) is 4.87. The summed E-state index contributed by atoms with van der Waals surface area (Å²) in [4.78, 5) is 35.6. The molecule has 0 heterocycles. The number of carboxylic acid groups (broad SMARTS) is 1. The molecule has 1 aliphatic rings. The van der Waals surface area contributed by atoms with E-state index in [4.69, 9.17) is 9.84 Å². The molecule has 30 heavy (non-hydrogen) atoms. The number of hydrogen-bond donors (Lipinski definition) is 3. The molecule has 2 aromatic rings. The maximum absolute atomic E-state index is 15.2. The van der Waals surface area contributed by atoms with Crippen LogP contribution in [0.3, 0.4) is 0 Å². The van der Waals surface area contributed by atoms with Gasteiger partial charge in [0.25, 0.3) is 5.91 Å². The number of aliphatic hydroxyl groups excluding tert-OH is 1. The molecule has 0 bridgehead atoms. The van der Waals surface area contributed by atoms with Crippen LogP contribution < -0.4 is 10.1 Å². The minimum atomic E-state index is -1.30. The number of aliphatic hydroxyl groups is 1. The van der Waals surface area contributed by atoms with Crippen molar-refractivity contribution >= 4 is 23.4 Å². The summed E-state index contributed by atoms with van der Waals surface area (Å²) in [6.07, 6.45) is 0. The predicted molar refractivity (Wildman–Crippen MR) is 106 cm³/mol. The van der Waals surface area contributed by atoms with Crippen LogP contribution in [-0.2, 0) is 21.0 Å². The molecule has 0 aromatic heterocycles. The number of nitrogens with one attached hydrogen (secondary N) is 1. The highest BCUT2D eigenvalue weighted by Gasteiger charge is 2.39. The molecule has 0 aliphatic heterocycles. The topological polar surface area (TPSA) is 113 Å². The van der Waals surface area contributed by atoms with Crippen LogP contribution in [0.1, 0.15) is 35.1 Å². The Bertz CT molecular complexity index is 1060. The van der Waals surface area contributed by atoms with Crippen LogP contribution in [0.2, 0.25) is 0 Å². The Balaban J connectivity index is 2.01. The van der Waals surface area contributed by atoms with Crippen molar-refractivity contribution in [1.82, 2.24) is 5.32 Å². The van der Waals surface area contributed by atoms with Gasteiger partial charge in [-0.05, 0) is 24.1 Å². The number of fused-ring (bicyclic) bond motifs is 1. The molecule has 7 nitrogen and oxygen atoms in total. The molecule has 0 saturated heterocycles. The Labute approximate surface area is 171 Å². The number of aryl methyl sites for hydroxylation is 1. The van der Waals surface area contributed by atoms with E-state index in [0.29, 0.717) is 5.56 Å². The van der Waals surface area contributed by atoms with Crippen molar-refractivity contribution in [3.63, 3.8) is 0 Å². The molecule has 0 fully saturated rings. The zero-order valence-electron chi connectivity index (χ0n) is 16.4. The van der Waals surface area contributed by atoms with Crippen molar-refractivity contribution < 1.29 is 33.7 Å². The summed E-state index contributed by atoms with van der Waals surface area (Å²) in [5, 5.41) is 21.3. The molecule has 1 amide bonds. The van der Waals surface area contributed by atoms with Crippen LogP contribution in [0.4, 0.5) is 4.39 Å². The number of aliphatic carboxylic acids is 1. The molecule has 1 unspecified atom stereocenters. The second-order valence-electron chi connectivity index (χ2n) is 6.95. The fourth-order valence-electron chi connectivity index (χ4n) is 3.40. The zero-order chi connectivity index (χ0) is 22.0. The first-order valence-electron chi connectivity index (χ1n) is 9.19. The lowest BCUT2D eigenvalue weighted by Gasteiger charge is -2.26. The van der Waals surface area contributed by atoms with Crippen molar-refractivity contribution in [2.24, 2.45) is 0 Å². The smallest absolute Gasteiger partial charge is 0.322 e. The minimum Gasteiger partial charge on any atom is -0.506 e. The molecule has 1 aliphatic carbocycles. The fraction of sp³-hybridized carbons (Fsp3) is 0.227. The number of Topliss-reactive ketones (excluding diaryl/α,β-unsaturated/α-hetero) is 1. The zero-order valence-corrected chi connectivity index (χ0v) is 16.4. The first-order valence-corrected chi connectivity index (χ1v) is 9.19. The minimum absolute atomic E-state index is 0.0344. The first kappa shape index (κ1) is 21.0. The van der Waals surface area contributed by atoms with Crippen molar-refractivity contribution in [3.8, 4) is 5.75 Å². The molecule has 156 valence electrons. The lowest BCUT2D eigenvalue weighted by molar-refractivity contribution is -0.137. The quantitative estimate of drug-likeness (QED) is 0.628. The highest BCUT2D eigenvalue weighted by atomic mass is 19.1. The second-order valence-corrected chi connectivity index (χ2v) is 6.95. The molecule has 0 radical (unpaired) electrons. The highest BCUT2D eigenvalue weighted by molar-refractivity contribution is 6.27. The van der Waals surface area contributed by atoms with E-state index in [1.165, 1.54) is 13.0 Å². The second kappa shape index (κ2) is 8.36. The lowest BCUT2D eigenvalue weighted by atomic mass is 9.79. The van der Waals surface area contributed by atoms with Crippen LogP contribution >= 0.6 is 0 Å². The van der Waals surface area contributed by atoms with Crippen molar-refractivity contribution in [3.05, 3.63) is 70.0 Å². The monoisotopic (exact) mass is 413 g/mol. The molecule has 0 spiro atoms. The van der Waals surface area contributed by atoms with Gasteiger partial charge < -0.3 is 20.3 Å². The van der Waals surface area contributed by atoms with Crippen molar-refractivity contribution in [2.45, 2.75) is 26.4 Å². The van der Waals surface area contributed by atoms with Gasteiger partial charge in [-0.25, -0.2) is 4.39 Å². The third kappa shape index (κ3) is 3.89. The number of carboxylic acids is 1. The molecular weight excluding hydrogens is 393 g/mol. The van der Waals surface area contributed by atoms with E-state index in [9.17, 15) is 19.5 Å². The number of hydrogen-bond acceptors (Lipinski definition) is 5. The number of carbonyl (C=O) groups is 3. The molecular formula is C22H20FNO6. The molecule has 1 atom stereocenters. The van der Waals surface area contributed by atoms with E-state index < -0.39 is 47.3 Å². The average Bonchev–Trinajstić information content (AvgIpc) is 2.71. The van der Waals surface area contributed by atoms with Gasteiger partial charge in [-0.3, -0.25) is 14.4 Å². The van der Waals surface area contributed by atoms with Crippen LogP contribution in [-0.4, -0.2) is 34.4 Å². The number of ketones is 1. The SMILES string of the molecule is Cc1cc(OCc2ccccc2)c(F)c2c1C(O)=C(C(=O)NCC(=O)O)C(=O)C2C. The van der Waals surface area contributed by atoms with Crippen LogP contribution in [0, 0.1) is 12.7 Å². The fourth-order valence-corrected chi connectivity index (χ4v) is 3.40. The summed E-state index contributed by atoms with van der Waals surface area (Å²) in [5.41, 5.74) is 0.630. The maximum atomic E-state index is 15.2. The summed E-state index contributed by atoms with van der Waals surface area (Å²) >= 11 is 0. The standard InChI is InChI=1S/C22H20FNO6/c1-11-8-14(30-10-13-6-4-3-5-7-13)19(23)17-12(2)20(27)18(21(28)16(11)17)22(29)24-9-15(25)26/h3-8,12,28H,9-10H2,1-2H3,(H,24,29)(H,25,26). The maximum Gasteiger partial charge on any atom is 0.322 e. The van der Waals surface area contributed by atoms with Crippen LogP contribution in [0.15, 0.2) is 42.0 Å². The lowest BCUT2D eigenvalue weighted by Crippen LogP contribution is -2.36. The van der Waals surface area contributed by atoms with Gasteiger partial charge in [-0.2, -0.15) is 0 Å². The summed E-state index contributed by atoms with van der Waals surface area (Å²) < 4.78 is 20.8. The van der Waals surface area contributed by atoms with E-state index >= 15 is 4.39 Å². The van der Waals surface area contributed by atoms with Gasteiger partial charge in [0.15, 0.2) is 17.3 Å². The number of benzene rings is 2. The van der Waals surface area contributed by atoms with E-state index in [1.54, 1.807) is 6.92 Å². The number of amides is 1. The van der Waals surface area contributed by atoms with Gasteiger partial charge in [-0.15, -0.1) is 0 Å². The molecule has 0 saturated carbocycles. The van der Waals surface area contributed by atoms with Gasteiger partial charge in [0.2, 0.25) is 0 Å². The highest BCUT2D eigenvalue weighted by Crippen LogP contribution is 2.41. The summed E-state index contributed by atoms with van der Waals surface area (Å²) in [6.45, 7) is 2.41. The average molecular weight is 413 g/mol. The Hall–Kier alpha value is -3.68.